The van der Waals surface area contributed by atoms with Crippen LogP contribution in [0.25, 0.3) is 0 Å². The highest BCUT2D eigenvalue weighted by molar-refractivity contribution is 5.92. The first-order valence-corrected chi connectivity index (χ1v) is 9.69. The Morgan fingerprint density at radius 2 is 1.67 bits per heavy atom. The Morgan fingerprint density at radius 1 is 1.00 bits per heavy atom. The van der Waals surface area contributed by atoms with E-state index in [9.17, 15) is 24.3 Å². The molecule has 0 rings (SSSR count). The van der Waals surface area contributed by atoms with Crippen LogP contribution in [0.1, 0.15) is 39.0 Å². The number of carbonyl (C=O) groups excluding carboxylic acids is 3. The van der Waals surface area contributed by atoms with Crippen LogP contribution in [0.3, 0.4) is 0 Å². The highest BCUT2D eigenvalue weighted by Gasteiger charge is 2.22. The van der Waals surface area contributed by atoms with Gasteiger partial charge in [0.1, 0.15) is 12.1 Å². The number of guanidine groups is 1. The number of unbranched alkanes of at least 4 members (excludes halogenated alkanes) is 1. The molecule has 0 aliphatic carbocycles. The number of aliphatic imine (C=N–C) groups is 1. The molecule has 30 heavy (non-hydrogen) atoms. The smallest absolute Gasteiger partial charge is 0.326 e. The minimum absolute atomic E-state index is 0.105. The van der Waals surface area contributed by atoms with E-state index in [2.05, 4.69) is 20.9 Å². The van der Waals surface area contributed by atoms with E-state index in [-0.39, 0.29) is 18.9 Å². The number of carboxylic acid groups (broad SMARTS) is 1. The number of hydrogen-bond acceptors (Lipinski definition) is 7. The molecule has 0 fully saturated rings. The first kappa shape index (κ1) is 27.1. The predicted molar refractivity (Wildman–Crippen MR) is 111 cm³/mol. The van der Waals surface area contributed by atoms with Crippen LogP contribution in [0.5, 0.6) is 0 Å². The standard InChI is InChI=1S/C17H34N8O5/c1-10(24-15(28)11(19)5-2-3-7-18)14(27)23-9-13(26)25-12(16(29)30)6-4-8-22-17(20)21/h10-12H,2-9,18-19H2,1H3,(H,23,27)(H,24,28)(H,25,26)(H,29,30)(H4,20,21,22). The summed E-state index contributed by atoms with van der Waals surface area (Å²) in [5, 5.41) is 16.3. The van der Waals surface area contributed by atoms with Gasteiger partial charge in [-0.1, -0.05) is 6.42 Å². The third-order valence-electron chi connectivity index (χ3n) is 4.06. The van der Waals surface area contributed by atoms with Gasteiger partial charge in [-0.15, -0.1) is 0 Å². The first-order chi connectivity index (χ1) is 14.1. The van der Waals surface area contributed by atoms with Crippen LogP contribution in [0, 0.1) is 0 Å². The quantitative estimate of drug-likeness (QED) is 0.0735. The van der Waals surface area contributed by atoms with Crippen molar-refractivity contribution in [1.29, 1.82) is 0 Å². The molecule has 12 N–H and O–H groups in total. The number of rotatable bonds is 15. The van der Waals surface area contributed by atoms with Crippen molar-refractivity contribution in [2.24, 2.45) is 27.9 Å². The summed E-state index contributed by atoms with van der Waals surface area (Å²) in [6.45, 7) is 1.74. The van der Waals surface area contributed by atoms with Gasteiger partial charge >= 0.3 is 5.97 Å². The molecule has 0 saturated carbocycles. The number of carboxylic acids is 1. The maximum Gasteiger partial charge on any atom is 0.326 e. The molecule has 0 saturated heterocycles. The fourth-order valence-corrected chi connectivity index (χ4v) is 2.35. The van der Waals surface area contributed by atoms with E-state index < -0.39 is 48.4 Å². The van der Waals surface area contributed by atoms with Gasteiger partial charge < -0.3 is 44.0 Å². The molecule has 0 aromatic rings. The van der Waals surface area contributed by atoms with Crippen LogP contribution < -0.4 is 38.9 Å². The van der Waals surface area contributed by atoms with Crippen molar-refractivity contribution < 1.29 is 24.3 Å². The summed E-state index contributed by atoms with van der Waals surface area (Å²) in [7, 11) is 0. The van der Waals surface area contributed by atoms with Crippen molar-refractivity contribution >= 4 is 29.7 Å². The molecule has 0 aliphatic rings. The van der Waals surface area contributed by atoms with Crippen LogP contribution in [0.2, 0.25) is 0 Å². The Balaban J connectivity index is 4.35. The summed E-state index contributed by atoms with van der Waals surface area (Å²) in [5.74, 6) is -3.09. The van der Waals surface area contributed by atoms with Gasteiger partial charge in [0.05, 0.1) is 12.6 Å². The second-order valence-electron chi connectivity index (χ2n) is 6.75. The Morgan fingerprint density at radius 3 is 2.23 bits per heavy atom. The van der Waals surface area contributed by atoms with Crippen LogP contribution in [0.4, 0.5) is 0 Å². The summed E-state index contributed by atoms with van der Waals surface area (Å²) in [6, 6.07) is -2.82. The molecule has 0 bridgehead atoms. The second-order valence-corrected chi connectivity index (χ2v) is 6.75. The van der Waals surface area contributed by atoms with Gasteiger partial charge in [0.15, 0.2) is 5.96 Å². The van der Waals surface area contributed by atoms with Crippen LogP contribution in [-0.2, 0) is 19.2 Å². The summed E-state index contributed by atoms with van der Waals surface area (Å²) in [6.07, 6.45) is 2.34. The largest absolute Gasteiger partial charge is 0.480 e. The van der Waals surface area contributed by atoms with Crippen LogP contribution in [0.15, 0.2) is 4.99 Å². The number of aliphatic carboxylic acids is 1. The van der Waals surface area contributed by atoms with Crippen LogP contribution in [-0.4, -0.2) is 72.5 Å². The van der Waals surface area contributed by atoms with Gasteiger partial charge in [0, 0.05) is 6.54 Å². The normalized spacial score (nSPS) is 13.4. The monoisotopic (exact) mass is 430 g/mol. The maximum absolute atomic E-state index is 12.0. The van der Waals surface area contributed by atoms with E-state index in [0.29, 0.717) is 25.8 Å². The number of amides is 3. The summed E-state index contributed by atoms with van der Waals surface area (Å²) >= 11 is 0. The molecule has 0 aromatic carbocycles. The van der Waals surface area contributed by atoms with Crippen molar-refractivity contribution in [2.45, 2.75) is 57.2 Å². The lowest BCUT2D eigenvalue weighted by Gasteiger charge is -2.18. The van der Waals surface area contributed by atoms with E-state index in [1.54, 1.807) is 0 Å². The summed E-state index contributed by atoms with van der Waals surface area (Å²) in [4.78, 5) is 50.9. The molecular weight excluding hydrogens is 396 g/mol. The minimum Gasteiger partial charge on any atom is -0.480 e. The molecule has 13 nitrogen and oxygen atoms in total. The van der Waals surface area contributed by atoms with Crippen molar-refractivity contribution in [3.63, 3.8) is 0 Å². The van der Waals surface area contributed by atoms with Crippen LogP contribution >= 0.6 is 0 Å². The predicted octanol–water partition coefficient (Wildman–Crippen LogP) is -3.31. The van der Waals surface area contributed by atoms with E-state index in [4.69, 9.17) is 22.9 Å². The van der Waals surface area contributed by atoms with Crippen molar-refractivity contribution in [3.8, 4) is 0 Å². The Kier molecular flexibility index (Phi) is 13.5. The Hall–Kier alpha value is -2.93. The zero-order valence-electron chi connectivity index (χ0n) is 17.2. The number of nitrogens with zero attached hydrogens (tertiary/aromatic N) is 1. The molecule has 0 heterocycles. The van der Waals surface area contributed by atoms with Crippen molar-refractivity contribution in [2.75, 3.05) is 19.6 Å². The lowest BCUT2D eigenvalue weighted by Crippen LogP contribution is -2.52. The Labute approximate surface area is 175 Å². The van der Waals surface area contributed by atoms with E-state index >= 15 is 0 Å². The maximum atomic E-state index is 12.0. The molecule has 0 spiro atoms. The average molecular weight is 431 g/mol. The molecule has 13 heteroatoms. The molecule has 0 aliphatic heterocycles. The molecule has 172 valence electrons. The molecule has 3 amide bonds. The highest BCUT2D eigenvalue weighted by atomic mass is 16.4. The van der Waals surface area contributed by atoms with Gasteiger partial charge in [-0.25, -0.2) is 4.79 Å². The topological polar surface area (TPSA) is 241 Å². The molecule has 0 radical (unpaired) electrons. The van der Waals surface area contributed by atoms with Gasteiger partial charge in [0.25, 0.3) is 0 Å². The summed E-state index contributed by atoms with van der Waals surface area (Å²) in [5.41, 5.74) is 21.5. The summed E-state index contributed by atoms with van der Waals surface area (Å²) < 4.78 is 0. The highest BCUT2D eigenvalue weighted by Crippen LogP contribution is 2.00. The Bertz CT molecular complexity index is 609. The fourth-order valence-electron chi connectivity index (χ4n) is 2.35. The first-order valence-electron chi connectivity index (χ1n) is 9.69. The molecular formula is C17H34N8O5. The average Bonchev–Trinajstić information content (AvgIpc) is 2.67. The molecule has 0 aromatic heterocycles. The van der Waals surface area contributed by atoms with E-state index in [1.807, 2.05) is 0 Å². The second kappa shape index (κ2) is 15.0. The number of hydrogen-bond donors (Lipinski definition) is 8. The van der Waals surface area contributed by atoms with Crippen molar-refractivity contribution in [3.05, 3.63) is 0 Å². The molecule has 3 unspecified atom stereocenters. The number of carbonyl (C=O) groups is 4. The number of nitrogens with one attached hydrogen (secondary N) is 3. The third-order valence-corrected chi connectivity index (χ3v) is 4.06. The number of nitrogens with two attached hydrogens (primary N) is 4. The molecule has 3 atom stereocenters. The minimum atomic E-state index is -1.22. The lowest BCUT2D eigenvalue weighted by molar-refractivity contribution is -0.142. The van der Waals surface area contributed by atoms with E-state index in [0.717, 1.165) is 6.42 Å². The van der Waals surface area contributed by atoms with Gasteiger partial charge in [-0.2, -0.15) is 0 Å². The van der Waals surface area contributed by atoms with Gasteiger partial charge in [-0.3, -0.25) is 19.4 Å². The van der Waals surface area contributed by atoms with Gasteiger partial charge in [-0.05, 0) is 39.2 Å². The van der Waals surface area contributed by atoms with E-state index in [1.165, 1.54) is 6.92 Å². The van der Waals surface area contributed by atoms with Crippen molar-refractivity contribution in [1.82, 2.24) is 16.0 Å². The fraction of sp³-hybridized carbons (Fsp3) is 0.706. The lowest BCUT2D eigenvalue weighted by atomic mass is 10.1. The van der Waals surface area contributed by atoms with Gasteiger partial charge in [0.2, 0.25) is 17.7 Å². The zero-order valence-corrected chi connectivity index (χ0v) is 17.2. The zero-order chi connectivity index (χ0) is 23.1. The SMILES string of the molecule is CC(NC(=O)C(N)CCCCN)C(=O)NCC(=O)NC(CCCN=C(N)N)C(=O)O. The third kappa shape index (κ3) is 12.5.